The van der Waals surface area contributed by atoms with Crippen LogP contribution in [0.3, 0.4) is 0 Å². The van der Waals surface area contributed by atoms with Gasteiger partial charge in [-0.15, -0.1) is 0 Å². The van der Waals surface area contributed by atoms with Crippen LogP contribution in [0.4, 0.5) is 4.79 Å². The van der Waals surface area contributed by atoms with E-state index < -0.39 is 12.7 Å². The van der Waals surface area contributed by atoms with E-state index in [2.05, 4.69) is 5.10 Å². The lowest BCUT2D eigenvalue weighted by Gasteiger charge is -2.40. The zero-order chi connectivity index (χ0) is 25.4. The van der Waals surface area contributed by atoms with Crippen LogP contribution >= 0.6 is 0 Å². The van der Waals surface area contributed by atoms with Crippen molar-refractivity contribution in [2.45, 2.75) is 116 Å². The van der Waals surface area contributed by atoms with Gasteiger partial charge in [0.1, 0.15) is 5.60 Å². The Morgan fingerprint density at radius 3 is 2.31 bits per heavy atom. The summed E-state index contributed by atoms with van der Waals surface area (Å²) in [5.41, 5.74) is -0.252. The van der Waals surface area contributed by atoms with Gasteiger partial charge in [0.2, 0.25) is 0 Å². The van der Waals surface area contributed by atoms with E-state index in [1.54, 1.807) is 4.90 Å². The number of hydrogen-bond acceptors (Lipinski definition) is 7. The number of likely N-dealkylation sites (tertiary alicyclic amines) is 1. The number of carbonyl (C=O) groups excluding carboxylic acids is 1. The molecule has 1 aromatic rings. The van der Waals surface area contributed by atoms with Crippen molar-refractivity contribution in [1.82, 2.24) is 14.7 Å². The quantitative estimate of drug-likeness (QED) is 0.542. The van der Waals surface area contributed by atoms with E-state index in [0.29, 0.717) is 26.2 Å². The van der Waals surface area contributed by atoms with Crippen molar-refractivity contribution in [3.63, 3.8) is 0 Å². The molecule has 4 rings (SSSR count). The molecule has 0 radical (unpaired) electrons. The van der Waals surface area contributed by atoms with Gasteiger partial charge >= 0.3 is 13.2 Å². The highest BCUT2D eigenvalue weighted by molar-refractivity contribution is 6.61. The summed E-state index contributed by atoms with van der Waals surface area (Å²) in [5, 5.41) is 4.44. The first kappa shape index (κ1) is 26.4. The number of aromatic nitrogens is 2. The molecule has 35 heavy (non-hydrogen) atoms. The predicted octanol–water partition coefficient (Wildman–Crippen LogP) is 3.15. The van der Waals surface area contributed by atoms with E-state index >= 15 is 0 Å². The largest absolute Gasteiger partial charge is 0.498 e. The Bertz CT molecular complexity index is 853. The molecule has 0 aromatic carbocycles. The van der Waals surface area contributed by atoms with Gasteiger partial charge in [-0.05, 0) is 74.1 Å². The molecule has 3 fully saturated rings. The Kier molecular flexibility index (Phi) is 7.58. The molecule has 0 unspecified atom stereocenters. The maximum atomic E-state index is 12.2. The van der Waals surface area contributed by atoms with E-state index in [0.717, 1.165) is 31.1 Å². The van der Waals surface area contributed by atoms with E-state index in [1.807, 2.05) is 65.5 Å². The number of carbonyl (C=O) groups is 1. The van der Waals surface area contributed by atoms with Crippen LogP contribution in [0.5, 0.6) is 0 Å². The Hall–Kier alpha value is -1.62. The van der Waals surface area contributed by atoms with Gasteiger partial charge in [0.05, 0.1) is 42.7 Å². The molecule has 2 saturated heterocycles. The smallest absolute Gasteiger partial charge is 0.444 e. The standard InChI is InChI=1S/C25H42BN3O6/c1-23(2,3)33-22(30)28-10-8-19(9-11-28)32-21-14-20(15-21)31-13-12-29-17-18(16-27-29)26-34-24(4,5)25(6,7)35-26/h16-17,19-21H,8-15H2,1-7H3. The molecule has 0 spiro atoms. The van der Waals surface area contributed by atoms with E-state index in [1.165, 1.54) is 0 Å². The first-order valence-corrected chi connectivity index (χ1v) is 12.9. The van der Waals surface area contributed by atoms with Gasteiger partial charge in [0.15, 0.2) is 0 Å². The molecule has 1 aromatic heterocycles. The third kappa shape index (κ3) is 6.58. The van der Waals surface area contributed by atoms with Crippen molar-refractivity contribution >= 4 is 18.7 Å². The summed E-state index contributed by atoms with van der Waals surface area (Å²) in [6.07, 6.45) is 7.79. The highest BCUT2D eigenvalue weighted by Crippen LogP contribution is 2.36. The maximum Gasteiger partial charge on any atom is 0.498 e. The second-order valence-electron chi connectivity index (χ2n) is 12.0. The molecule has 1 aliphatic carbocycles. The molecule has 1 saturated carbocycles. The minimum Gasteiger partial charge on any atom is -0.444 e. The van der Waals surface area contributed by atoms with Crippen LogP contribution in [0.2, 0.25) is 0 Å². The van der Waals surface area contributed by atoms with Crippen molar-refractivity contribution in [2.75, 3.05) is 19.7 Å². The van der Waals surface area contributed by atoms with Gasteiger partial charge in [-0.25, -0.2) is 4.79 Å². The van der Waals surface area contributed by atoms with Gasteiger partial charge < -0.3 is 28.4 Å². The Labute approximate surface area is 209 Å². The van der Waals surface area contributed by atoms with E-state index in [4.69, 9.17) is 23.5 Å². The number of ether oxygens (including phenoxy) is 3. The predicted molar refractivity (Wildman–Crippen MR) is 133 cm³/mol. The summed E-state index contributed by atoms with van der Waals surface area (Å²) in [6, 6.07) is 0. The number of piperidine rings is 1. The Morgan fingerprint density at radius 2 is 1.71 bits per heavy atom. The normalized spacial score (nSPS) is 26.6. The molecule has 0 N–H and O–H groups in total. The van der Waals surface area contributed by atoms with Crippen molar-refractivity contribution < 1.29 is 28.3 Å². The molecular weight excluding hydrogens is 449 g/mol. The van der Waals surface area contributed by atoms with Crippen molar-refractivity contribution in [3.8, 4) is 0 Å². The fourth-order valence-electron chi connectivity index (χ4n) is 4.45. The zero-order valence-corrected chi connectivity index (χ0v) is 22.4. The summed E-state index contributed by atoms with van der Waals surface area (Å²) in [6.45, 7) is 16.5. The molecular formula is C25H42BN3O6. The average molecular weight is 491 g/mol. The minimum atomic E-state index is -0.460. The molecule has 0 bridgehead atoms. The average Bonchev–Trinajstić information content (AvgIpc) is 3.27. The van der Waals surface area contributed by atoms with Crippen LogP contribution in [0.25, 0.3) is 0 Å². The second kappa shape index (κ2) is 10.0. The number of hydrogen-bond donors (Lipinski definition) is 0. The monoisotopic (exact) mass is 491 g/mol. The molecule has 2 aliphatic heterocycles. The summed E-state index contributed by atoms with van der Waals surface area (Å²) < 4.78 is 31.8. The molecule has 1 amide bonds. The van der Waals surface area contributed by atoms with Crippen LogP contribution in [0.15, 0.2) is 12.4 Å². The fourth-order valence-corrected chi connectivity index (χ4v) is 4.45. The summed E-state index contributed by atoms with van der Waals surface area (Å²) >= 11 is 0. The molecule has 10 heteroatoms. The molecule has 3 heterocycles. The Balaban J connectivity index is 1.09. The number of nitrogens with zero attached hydrogens (tertiary/aromatic N) is 3. The summed E-state index contributed by atoms with van der Waals surface area (Å²) in [5.74, 6) is 0. The molecule has 0 atom stereocenters. The number of rotatable bonds is 7. The van der Waals surface area contributed by atoms with Crippen LogP contribution in [0.1, 0.15) is 74.1 Å². The minimum absolute atomic E-state index is 0.206. The topological polar surface area (TPSA) is 84.3 Å². The molecule has 3 aliphatic rings. The van der Waals surface area contributed by atoms with Gasteiger partial charge in [0.25, 0.3) is 0 Å². The lowest BCUT2D eigenvalue weighted by Crippen LogP contribution is -2.46. The lowest BCUT2D eigenvalue weighted by molar-refractivity contribution is -0.135. The first-order chi connectivity index (χ1) is 16.3. The van der Waals surface area contributed by atoms with Gasteiger partial charge in [-0.1, -0.05) is 0 Å². The van der Waals surface area contributed by atoms with Crippen molar-refractivity contribution in [2.24, 2.45) is 0 Å². The van der Waals surface area contributed by atoms with Crippen LogP contribution in [0, 0.1) is 0 Å². The summed E-state index contributed by atoms with van der Waals surface area (Å²) in [4.78, 5) is 14.0. The Morgan fingerprint density at radius 1 is 1.09 bits per heavy atom. The third-order valence-electron chi connectivity index (χ3n) is 7.38. The van der Waals surface area contributed by atoms with Gasteiger partial charge in [-0.2, -0.15) is 5.10 Å². The van der Waals surface area contributed by atoms with Crippen LogP contribution in [-0.2, 0) is 30.1 Å². The highest BCUT2D eigenvalue weighted by atomic mass is 16.7. The van der Waals surface area contributed by atoms with E-state index in [-0.39, 0.29) is 35.6 Å². The summed E-state index contributed by atoms with van der Waals surface area (Å²) in [7, 11) is -0.393. The molecule has 196 valence electrons. The molecule has 9 nitrogen and oxygen atoms in total. The maximum absolute atomic E-state index is 12.2. The second-order valence-corrected chi connectivity index (χ2v) is 12.0. The first-order valence-electron chi connectivity index (χ1n) is 12.9. The fraction of sp³-hybridized carbons (Fsp3) is 0.840. The van der Waals surface area contributed by atoms with Crippen molar-refractivity contribution in [1.29, 1.82) is 0 Å². The van der Waals surface area contributed by atoms with Gasteiger partial charge in [0, 0.05) is 30.9 Å². The lowest BCUT2D eigenvalue weighted by atomic mass is 9.82. The zero-order valence-electron chi connectivity index (χ0n) is 22.4. The van der Waals surface area contributed by atoms with Crippen molar-refractivity contribution in [3.05, 3.63) is 12.4 Å². The highest BCUT2D eigenvalue weighted by Gasteiger charge is 2.52. The van der Waals surface area contributed by atoms with E-state index in [9.17, 15) is 4.79 Å². The van der Waals surface area contributed by atoms with Gasteiger partial charge in [-0.3, -0.25) is 4.68 Å². The SMILES string of the molecule is CC(C)(C)OC(=O)N1CCC(OC2CC(OCCn3cc(B4OC(C)(C)C(C)(C)O4)cn3)C2)CC1. The van der Waals surface area contributed by atoms with Crippen LogP contribution in [-0.4, -0.2) is 82.7 Å². The third-order valence-corrected chi connectivity index (χ3v) is 7.38. The van der Waals surface area contributed by atoms with Crippen LogP contribution < -0.4 is 5.46 Å². The number of amides is 1.